The van der Waals surface area contributed by atoms with E-state index >= 15 is 0 Å². The normalized spacial score (nSPS) is 30.1. The van der Waals surface area contributed by atoms with Crippen LogP contribution in [0, 0.1) is 0 Å². The van der Waals surface area contributed by atoms with E-state index in [0.717, 1.165) is 49.5 Å². The van der Waals surface area contributed by atoms with E-state index in [0.29, 0.717) is 6.04 Å². The first kappa shape index (κ1) is 13.5. The third kappa shape index (κ3) is 2.70. The highest BCUT2D eigenvalue weighted by molar-refractivity contribution is 7.11. The summed E-state index contributed by atoms with van der Waals surface area (Å²) in [7, 11) is 4.38. The van der Waals surface area contributed by atoms with Crippen LogP contribution in [0.2, 0.25) is 0 Å². The molecular formula is C14H23N3OS. The van der Waals surface area contributed by atoms with Crippen molar-refractivity contribution in [2.24, 2.45) is 0 Å². The van der Waals surface area contributed by atoms with Gasteiger partial charge in [-0.2, -0.15) is 0 Å². The van der Waals surface area contributed by atoms with Crippen LogP contribution in [-0.4, -0.2) is 53.6 Å². The van der Waals surface area contributed by atoms with Crippen LogP contribution in [0.5, 0.6) is 0 Å². The molecule has 1 aromatic heterocycles. The summed E-state index contributed by atoms with van der Waals surface area (Å²) in [5.74, 6) is 0. The Labute approximate surface area is 119 Å². The van der Waals surface area contributed by atoms with Crippen LogP contribution in [-0.2, 0) is 6.42 Å². The second-order valence-corrected chi connectivity index (χ2v) is 6.95. The van der Waals surface area contributed by atoms with Crippen molar-refractivity contribution in [3.8, 4) is 0 Å². The standard InChI is InChI=1S/C14H23N3OS/c1-16-7-4-8-17(2)11(9-16)14-15-10-5-3-6-12(18)13(10)19-14/h11-12,18H,3-9H2,1-2H3. The third-order valence-corrected chi connectivity index (χ3v) is 5.59. The molecule has 1 aliphatic heterocycles. The van der Waals surface area contributed by atoms with E-state index < -0.39 is 0 Å². The predicted octanol–water partition coefficient (Wildman–Crippen LogP) is 1.82. The number of aliphatic hydroxyl groups excluding tert-OH is 1. The smallest absolute Gasteiger partial charge is 0.112 e. The minimum absolute atomic E-state index is 0.274. The van der Waals surface area contributed by atoms with E-state index in [4.69, 9.17) is 4.98 Å². The van der Waals surface area contributed by atoms with Gasteiger partial charge in [-0.3, -0.25) is 4.90 Å². The third-order valence-electron chi connectivity index (χ3n) is 4.29. The number of aromatic nitrogens is 1. The molecule has 3 rings (SSSR count). The Kier molecular flexibility index (Phi) is 3.89. The fourth-order valence-corrected chi connectivity index (χ4v) is 4.39. The zero-order valence-electron chi connectivity index (χ0n) is 11.8. The SMILES string of the molecule is CN1CCCN(C)C(c2nc3c(s2)C(O)CCC3)C1. The van der Waals surface area contributed by atoms with Gasteiger partial charge in [-0.05, 0) is 52.9 Å². The van der Waals surface area contributed by atoms with Crippen LogP contribution < -0.4 is 0 Å². The highest BCUT2D eigenvalue weighted by atomic mass is 32.1. The Morgan fingerprint density at radius 3 is 2.89 bits per heavy atom. The van der Waals surface area contributed by atoms with Gasteiger partial charge >= 0.3 is 0 Å². The fourth-order valence-electron chi connectivity index (χ4n) is 3.10. The highest BCUT2D eigenvalue weighted by Gasteiger charge is 2.29. The van der Waals surface area contributed by atoms with Crippen molar-refractivity contribution in [1.82, 2.24) is 14.8 Å². The Hall–Kier alpha value is -0.490. The molecule has 0 radical (unpaired) electrons. The number of nitrogens with zero attached hydrogens (tertiary/aromatic N) is 3. The van der Waals surface area contributed by atoms with Crippen LogP contribution in [0.1, 0.15) is 47.0 Å². The average Bonchev–Trinajstić information content (AvgIpc) is 2.73. The molecule has 0 bridgehead atoms. The number of hydrogen-bond donors (Lipinski definition) is 1. The van der Waals surface area contributed by atoms with Crippen molar-refractivity contribution < 1.29 is 5.11 Å². The Morgan fingerprint density at radius 2 is 2.11 bits per heavy atom. The molecule has 106 valence electrons. The van der Waals surface area contributed by atoms with Crippen molar-refractivity contribution in [1.29, 1.82) is 0 Å². The van der Waals surface area contributed by atoms with E-state index in [2.05, 4.69) is 23.9 Å². The first-order valence-corrected chi connectivity index (χ1v) is 8.03. The minimum Gasteiger partial charge on any atom is -0.388 e. The van der Waals surface area contributed by atoms with Gasteiger partial charge in [0.15, 0.2) is 0 Å². The van der Waals surface area contributed by atoms with E-state index in [1.807, 2.05) is 0 Å². The van der Waals surface area contributed by atoms with Gasteiger partial charge in [-0.15, -0.1) is 11.3 Å². The lowest BCUT2D eigenvalue weighted by Crippen LogP contribution is -2.30. The molecule has 2 unspecified atom stereocenters. The molecule has 1 fully saturated rings. The molecular weight excluding hydrogens is 258 g/mol. The van der Waals surface area contributed by atoms with Crippen molar-refractivity contribution in [2.45, 2.75) is 37.8 Å². The first-order chi connectivity index (χ1) is 9.15. The summed E-state index contributed by atoms with van der Waals surface area (Å²) in [6.07, 6.45) is 3.95. The van der Waals surface area contributed by atoms with Gasteiger partial charge in [-0.25, -0.2) is 4.98 Å². The molecule has 19 heavy (non-hydrogen) atoms. The van der Waals surface area contributed by atoms with Crippen LogP contribution in [0.25, 0.3) is 0 Å². The summed E-state index contributed by atoms with van der Waals surface area (Å²) in [6.45, 7) is 3.33. The van der Waals surface area contributed by atoms with Crippen molar-refractivity contribution in [2.75, 3.05) is 33.7 Å². The molecule has 2 atom stereocenters. The second kappa shape index (κ2) is 5.48. The van der Waals surface area contributed by atoms with Crippen molar-refractivity contribution in [3.05, 3.63) is 15.6 Å². The number of thiazole rings is 1. The lowest BCUT2D eigenvalue weighted by atomic mass is 10.0. The maximum absolute atomic E-state index is 10.1. The molecule has 0 aromatic carbocycles. The second-order valence-electron chi connectivity index (χ2n) is 5.88. The summed E-state index contributed by atoms with van der Waals surface area (Å²) < 4.78 is 0. The Morgan fingerprint density at radius 1 is 1.26 bits per heavy atom. The summed E-state index contributed by atoms with van der Waals surface area (Å²) in [5.41, 5.74) is 1.15. The molecule has 5 heteroatoms. The maximum atomic E-state index is 10.1. The van der Waals surface area contributed by atoms with Gasteiger partial charge in [0.2, 0.25) is 0 Å². The average molecular weight is 281 g/mol. The Balaban J connectivity index is 1.88. The predicted molar refractivity (Wildman–Crippen MR) is 77.5 cm³/mol. The van der Waals surface area contributed by atoms with Gasteiger partial charge < -0.3 is 10.0 Å². The molecule has 0 spiro atoms. The summed E-state index contributed by atoms with van der Waals surface area (Å²) in [6, 6.07) is 0.385. The zero-order valence-corrected chi connectivity index (χ0v) is 12.6. The molecule has 1 aliphatic carbocycles. The van der Waals surface area contributed by atoms with Crippen LogP contribution in [0.4, 0.5) is 0 Å². The number of aliphatic hydroxyl groups is 1. The number of rotatable bonds is 1. The van der Waals surface area contributed by atoms with Gasteiger partial charge in [0.25, 0.3) is 0 Å². The topological polar surface area (TPSA) is 39.6 Å². The van der Waals surface area contributed by atoms with Crippen LogP contribution >= 0.6 is 11.3 Å². The number of aryl methyl sites for hydroxylation is 1. The molecule has 0 amide bonds. The van der Waals surface area contributed by atoms with E-state index in [1.54, 1.807) is 11.3 Å². The van der Waals surface area contributed by atoms with Gasteiger partial charge in [0.1, 0.15) is 5.01 Å². The van der Waals surface area contributed by atoms with E-state index in [1.165, 1.54) is 11.4 Å². The summed E-state index contributed by atoms with van der Waals surface area (Å²) >= 11 is 1.74. The molecule has 2 heterocycles. The number of fused-ring (bicyclic) bond motifs is 1. The molecule has 2 aliphatic rings. The lowest BCUT2D eigenvalue weighted by molar-refractivity contribution is 0.160. The summed E-state index contributed by atoms with van der Waals surface area (Å²) in [4.78, 5) is 10.8. The van der Waals surface area contributed by atoms with Crippen molar-refractivity contribution >= 4 is 11.3 Å². The molecule has 1 N–H and O–H groups in total. The molecule has 1 saturated heterocycles. The van der Waals surface area contributed by atoms with Crippen LogP contribution in [0.15, 0.2) is 0 Å². The Bertz CT molecular complexity index is 448. The molecule has 1 aromatic rings. The number of likely N-dealkylation sites (N-methyl/N-ethyl adjacent to an activating group) is 2. The summed E-state index contributed by atoms with van der Waals surface area (Å²) in [5, 5.41) is 11.3. The fraction of sp³-hybridized carbons (Fsp3) is 0.786. The van der Waals surface area contributed by atoms with Crippen LogP contribution in [0.3, 0.4) is 0 Å². The van der Waals surface area contributed by atoms with Gasteiger partial charge in [0, 0.05) is 6.54 Å². The largest absolute Gasteiger partial charge is 0.388 e. The van der Waals surface area contributed by atoms with E-state index in [-0.39, 0.29) is 6.10 Å². The molecule has 4 nitrogen and oxygen atoms in total. The first-order valence-electron chi connectivity index (χ1n) is 7.21. The molecule has 0 saturated carbocycles. The van der Waals surface area contributed by atoms with E-state index in [9.17, 15) is 5.11 Å². The minimum atomic E-state index is -0.274. The van der Waals surface area contributed by atoms with Gasteiger partial charge in [-0.1, -0.05) is 0 Å². The highest BCUT2D eigenvalue weighted by Crippen LogP contribution is 2.37. The van der Waals surface area contributed by atoms with Gasteiger partial charge in [0.05, 0.1) is 22.7 Å². The lowest BCUT2D eigenvalue weighted by Gasteiger charge is -2.25. The maximum Gasteiger partial charge on any atom is 0.112 e. The van der Waals surface area contributed by atoms with Crippen molar-refractivity contribution in [3.63, 3.8) is 0 Å². The number of hydrogen-bond acceptors (Lipinski definition) is 5. The zero-order chi connectivity index (χ0) is 13.4. The monoisotopic (exact) mass is 281 g/mol. The quantitative estimate of drug-likeness (QED) is 0.852.